The molecule has 4 rings (SSSR count). The number of oxazole rings is 1. The minimum atomic E-state index is -0.592. The average molecular weight is 439 g/mol. The lowest BCUT2D eigenvalue weighted by Gasteiger charge is -2.14. The van der Waals surface area contributed by atoms with Gasteiger partial charge >= 0.3 is 6.09 Å². The molecule has 0 spiro atoms. The summed E-state index contributed by atoms with van der Waals surface area (Å²) < 4.78 is 33.6. The van der Waals surface area contributed by atoms with Gasteiger partial charge in [-0.3, -0.25) is 0 Å². The van der Waals surface area contributed by atoms with Crippen molar-refractivity contribution in [2.24, 2.45) is 0 Å². The Kier molecular flexibility index (Phi) is 5.59. The highest BCUT2D eigenvalue weighted by molar-refractivity contribution is 6.00. The molecule has 0 saturated heterocycles. The molecule has 0 saturated carbocycles. The number of ether oxygens (including phenoxy) is 5. The molecule has 0 radical (unpaired) electrons. The molecule has 0 fully saturated rings. The third-order valence-electron chi connectivity index (χ3n) is 5.00. The van der Waals surface area contributed by atoms with Crippen LogP contribution in [0, 0.1) is 0 Å². The molecule has 0 aliphatic rings. The average Bonchev–Trinajstić information content (AvgIpc) is 3.50. The summed E-state index contributed by atoms with van der Waals surface area (Å²) in [6.07, 6.45) is 2.12. The van der Waals surface area contributed by atoms with Gasteiger partial charge in [-0.2, -0.15) is 0 Å². The van der Waals surface area contributed by atoms with Crippen LogP contribution >= 0.6 is 0 Å². The van der Waals surface area contributed by atoms with Crippen LogP contribution in [0.1, 0.15) is 0 Å². The van der Waals surface area contributed by atoms with Crippen molar-refractivity contribution in [1.82, 2.24) is 14.5 Å². The molecule has 0 N–H and O–H groups in total. The van der Waals surface area contributed by atoms with Crippen molar-refractivity contribution >= 4 is 17.1 Å². The molecule has 166 valence electrons. The lowest BCUT2D eigenvalue weighted by molar-refractivity contribution is 0.173. The van der Waals surface area contributed by atoms with Crippen molar-refractivity contribution in [3.63, 3.8) is 0 Å². The Labute approximate surface area is 183 Å². The van der Waals surface area contributed by atoms with Crippen LogP contribution in [0.2, 0.25) is 0 Å². The number of nitrogens with zero attached hydrogens (tertiary/aromatic N) is 3. The van der Waals surface area contributed by atoms with E-state index in [1.807, 2.05) is 0 Å². The molecule has 4 aromatic rings. The fourth-order valence-corrected chi connectivity index (χ4v) is 3.54. The van der Waals surface area contributed by atoms with E-state index in [1.54, 1.807) is 24.3 Å². The number of rotatable bonds is 6. The molecule has 10 nitrogen and oxygen atoms in total. The van der Waals surface area contributed by atoms with Crippen LogP contribution in [0.4, 0.5) is 4.79 Å². The summed E-state index contributed by atoms with van der Waals surface area (Å²) in [5.41, 5.74) is 2.76. The van der Waals surface area contributed by atoms with Gasteiger partial charge in [0.1, 0.15) is 28.8 Å². The minimum Gasteiger partial charge on any atom is -0.494 e. The Hall–Kier alpha value is -4.21. The summed E-state index contributed by atoms with van der Waals surface area (Å²) in [4.78, 5) is 21.0. The largest absolute Gasteiger partial charge is 0.494 e. The van der Waals surface area contributed by atoms with E-state index in [0.29, 0.717) is 56.6 Å². The summed E-state index contributed by atoms with van der Waals surface area (Å²) in [6.45, 7) is 0. The van der Waals surface area contributed by atoms with Crippen LogP contribution in [0.3, 0.4) is 0 Å². The van der Waals surface area contributed by atoms with Gasteiger partial charge in [0.05, 0.1) is 35.5 Å². The second-order valence-electron chi connectivity index (χ2n) is 6.54. The first kappa shape index (κ1) is 21.0. The molecular formula is C22H21N3O7. The maximum absolute atomic E-state index is 12.2. The van der Waals surface area contributed by atoms with Crippen LogP contribution < -0.4 is 18.9 Å². The first-order chi connectivity index (χ1) is 15.6. The summed E-state index contributed by atoms with van der Waals surface area (Å²) in [5, 5.41) is 0. The number of methoxy groups -OCH3 is 5. The smallest absolute Gasteiger partial charge is 0.419 e. The first-order valence-corrected chi connectivity index (χ1v) is 9.44. The second-order valence-corrected chi connectivity index (χ2v) is 6.54. The Morgan fingerprint density at radius 2 is 1.59 bits per heavy atom. The molecule has 0 aliphatic carbocycles. The van der Waals surface area contributed by atoms with Gasteiger partial charge in [0.15, 0.2) is 23.7 Å². The molecule has 2 aromatic carbocycles. The molecule has 32 heavy (non-hydrogen) atoms. The maximum Gasteiger partial charge on any atom is 0.419 e. The number of hydrogen-bond acceptors (Lipinski definition) is 9. The van der Waals surface area contributed by atoms with E-state index < -0.39 is 6.09 Å². The second kappa shape index (κ2) is 8.50. The zero-order valence-electron chi connectivity index (χ0n) is 18.2. The van der Waals surface area contributed by atoms with Crippen LogP contribution in [-0.2, 0) is 4.74 Å². The number of hydrogen-bond donors (Lipinski definition) is 0. The molecule has 0 atom stereocenters. The quantitative estimate of drug-likeness (QED) is 0.440. The minimum absolute atomic E-state index is 0.446. The van der Waals surface area contributed by atoms with Crippen molar-refractivity contribution in [2.75, 3.05) is 35.5 Å². The van der Waals surface area contributed by atoms with Crippen molar-refractivity contribution in [1.29, 1.82) is 0 Å². The third-order valence-corrected chi connectivity index (χ3v) is 5.00. The molecule has 0 aliphatic heterocycles. The molecule has 0 bridgehead atoms. The zero-order chi connectivity index (χ0) is 22.8. The van der Waals surface area contributed by atoms with Gasteiger partial charge in [-0.1, -0.05) is 0 Å². The van der Waals surface area contributed by atoms with Gasteiger partial charge < -0.3 is 28.1 Å². The van der Waals surface area contributed by atoms with E-state index in [-0.39, 0.29) is 0 Å². The lowest BCUT2D eigenvalue weighted by Crippen LogP contribution is -2.10. The highest BCUT2D eigenvalue weighted by atomic mass is 16.5. The lowest BCUT2D eigenvalue weighted by atomic mass is 10.0. The molecular weight excluding hydrogens is 418 g/mol. The van der Waals surface area contributed by atoms with E-state index in [1.165, 1.54) is 52.8 Å². The van der Waals surface area contributed by atoms with Crippen molar-refractivity contribution in [3.05, 3.63) is 37.0 Å². The van der Waals surface area contributed by atoms with Crippen molar-refractivity contribution in [2.45, 2.75) is 0 Å². The van der Waals surface area contributed by atoms with Gasteiger partial charge in [0.2, 0.25) is 5.75 Å². The molecule has 0 amide bonds. The summed E-state index contributed by atoms with van der Waals surface area (Å²) in [5.74, 6) is 2.33. The Balaban J connectivity index is 1.94. The van der Waals surface area contributed by atoms with Crippen LogP contribution in [0.15, 0.2) is 41.4 Å². The Morgan fingerprint density at radius 1 is 0.906 bits per heavy atom. The fraction of sp³-hybridized carbons (Fsp3) is 0.227. The van der Waals surface area contributed by atoms with E-state index in [0.717, 1.165) is 0 Å². The van der Waals surface area contributed by atoms with Gasteiger partial charge in [-0.05, 0) is 24.3 Å². The topological polar surface area (TPSA) is 107 Å². The number of aromatic nitrogens is 3. The highest BCUT2D eigenvalue weighted by Gasteiger charge is 2.24. The van der Waals surface area contributed by atoms with Crippen LogP contribution in [0.5, 0.6) is 23.0 Å². The summed E-state index contributed by atoms with van der Waals surface area (Å²) in [7, 11) is 7.42. The third kappa shape index (κ3) is 3.25. The zero-order valence-corrected chi connectivity index (χ0v) is 18.2. The van der Waals surface area contributed by atoms with Crippen molar-refractivity contribution in [3.8, 4) is 45.6 Å². The van der Waals surface area contributed by atoms with E-state index in [2.05, 4.69) is 9.97 Å². The Bertz CT molecular complexity index is 1270. The first-order valence-electron chi connectivity index (χ1n) is 9.44. The molecule has 10 heteroatoms. The Morgan fingerprint density at radius 3 is 2.19 bits per heavy atom. The SMILES string of the molecule is COC(=O)n1cnc2c(-c3ocnc3-c3cc(OC)c(OC)c(OC)c3)ccc(OC)c21. The number of imidazole rings is 1. The van der Waals surface area contributed by atoms with Crippen LogP contribution in [0.25, 0.3) is 33.6 Å². The van der Waals surface area contributed by atoms with E-state index in [4.69, 9.17) is 28.1 Å². The molecule has 2 aromatic heterocycles. The predicted molar refractivity (Wildman–Crippen MR) is 115 cm³/mol. The monoisotopic (exact) mass is 439 g/mol. The highest BCUT2D eigenvalue weighted by Crippen LogP contribution is 2.44. The number of fused-ring (bicyclic) bond motifs is 1. The predicted octanol–water partition coefficient (Wildman–Crippen LogP) is 4.01. The van der Waals surface area contributed by atoms with Crippen LogP contribution in [-0.4, -0.2) is 56.2 Å². The standard InChI is InChI=1S/C22H21N3O7/c1-27-14-7-6-13(18-19(14)25(10-23-18)22(26)31-5)20-17(24-11-32-20)12-8-15(28-2)21(30-4)16(9-12)29-3/h6-11H,1-5H3. The summed E-state index contributed by atoms with van der Waals surface area (Å²) >= 11 is 0. The van der Waals surface area contributed by atoms with E-state index >= 15 is 0 Å². The number of benzene rings is 2. The van der Waals surface area contributed by atoms with Gasteiger partial charge in [0, 0.05) is 11.1 Å². The number of carbonyl (C=O) groups excluding carboxylic acids is 1. The van der Waals surface area contributed by atoms with Gasteiger partial charge in [-0.15, -0.1) is 0 Å². The van der Waals surface area contributed by atoms with E-state index in [9.17, 15) is 4.79 Å². The van der Waals surface area contributed by atoms with Gasteiger partial charge in [0.25, 0.3) is 0 Å². The van der Waals surface area contributed by atoms with Gasteiger partial charge in [-0.25, -0.2) is 19.3 Å². The normalized spacial score (nSPS) is 10.8. The molecule has 2 heterocycles. The molecule has 0 unspecified atom stereocenters. The van der Waals surface area contributed by atoms with Crippen molar-refractivity contribution < 1.29 is 32.9 Å². The number of carbonyl (C=O) groups is 1. The fourth-order valence-electron chi connectivity index (χ4n) is 3.54. The maximum atomic E-state index is 12.2. The summed E-state index contributed by atoms with van der Waals surface area (Å²) in [6, 6.07) is 7.06.